The average Bonchev–Trinajstić information content (AvgIpc) is 2.06. The van der Waals surface area contributed by atoms with E-state index in [1.54, 1.807) is 19.1 Å². The van der Waals surface area contributed by atoms with Crippen LogP contribution in [0.25, 0.3) is 0 Å². The first-order chi connectivity index (χ1) is 5.74. The summed E-state index contributed by atoms with van der Waals surface area (Å²) < 4.78 is 4.84. The van der Waals surface area contributed by atoms with Crippen LogP contribution in [0.15, 0.2) is 24.3 Å². The molecule has 2 nitrogen and oxygen atoms in total. The molecule has 0 fully saturated rings. The second-order valence-corrected chi connectivity index (χ2v) is 3.74. The van der Waals surface area contributed by atoms with E-state index in [0.29, 0.717) is 12.2 Å². The molecule has 1 aromatic rings. The van der Waals surface area contributed by atoms with Gasteiger partial charge in [0.1, 0.15) is 0 Å². The fraction of sp³-hybridized carbons (Fsp3) is 0.222. The molecule has 0 saturated carbocycles. The van der Waals surface area contributed by atoms with Gasteiger partial charge in [0.05, 0.1) is 12.2 Å². The molecule has 0 aliphatic heterocycles. The summed E-state index contributed by atoms with van der Waals surface area (Å²) in [6, 6.07) is 7.53. The Balaban J connectivity index is 2.75. The van der Waals surface area contributed by atoms with E-state index in [1.165, 1.54) is 5.19 Å². The number of hydrogen-bond acceptors (Lipinski definition) is 2. The van der Waals surface area contributed by atoms with Crippen LogP contribution in [0.2, 0.25) is 0 Å². The van der Waals surface area contributed by atoms with E-state index < -0.39 is 0 Å². The van der Waals surface area contributed by atoms with Crippen LogP contribution in [0.1, 0.15) is 17.3 Å². The van der Waals surface area contributed by atoms with Crippen LogP contribution in [-0.2, 0) is 4.74 Å². The van der Waals surface area contributed by atoms with Crippen molar-refractivity contribution in [1.29, 1.82) is 0 Å². The minimum absolute atomic E-state index is 0.237. The van der Waals surface area contributed by atoms with Crippen molar-refractivity contribution in [3.63, 3.8) is 0 Å². The third kappa shape index (κ3) is 2.20. The van der Waals surface area contributed by atoms with Gasteiger partial charge in [-0.15, -0.1) is 0 Å². The van der Waals surface area contributed by atoms with Crippen LogP contribution in [0.5, 0.6) is 0 Å². The lowest BCUT2D eigenvalue weighted by atomic mass is 10.2. The van der Waals surface area contributed by atoms with Crippen molar-refractivity contribution in [1.82, 2.24) is 0 Å². The lowest BCUT2D eigenvalue weighted by molar-refractivity contribution is 0.0526. The van der Waals surface area contributed by atoms with Gasteiger partial charge in [-0.1, -0.05) is 17.3 Å². The van der Waals surface area contributed by atoms with Gasteiger partial charge in [-0.2, -0.15) is 0 Å². The van der Waals surface area contributed by atoms with Crippen molar-refractivity contribution in [3.8, 4) is 0 Å². The number of rotatable bonds is 2. The Morgan fingerprint density at radius 3 is 2.50 bits per heavy atom. The Hall–Kier alpha value is -1.09. The minimum atomic E-state index is -0.237. The van der Waals surface area contributed by atoms with E-state index in [2.05, 4.69) is 0 Å². The average molecular weight is 180 g/mol. The quantitative estimate of drug-likeness (QED) is 0.467. The Bertz CT molecular complexity index is 266. The van der Waals surface area contributed by atoms with Gasteiger partial charge in [0.25, 0.3) is 0 Å². The van der Waals surface area contributed by atoms with E-state index >= 15 is 0 Å². The smallest absolute Gasteiger partial charge is 0.338 e. The molecule has 0 aromatic heterocycles. The Morgan fingerprint density at radius 1 is 1.42 bits per heavy atom. The van der Waals surface area contributed by atoms with Crippen molar-refractivity contribution in [2.45, 2.75) is 6.92 Å². The highest BCUT2D eigenvalue weighted by atomic mass is 28.1. The van der Waals surface area contributed by atoms with Crippen LogP contribution in [0.4, 0.5) is 0 Å². The van der Waals surface area contributed by atoms with E-state index in [4.69, 9.17) is 4.74 Å². The first-order valence-electron chi connectivity index (χ1n) is 3.98. The lowest BCUT2D eigenvalue weighted by Crippen LogP contribution is -2.07. The van der Waals surface area contributed by atoms with Crippen molar-refractivity contribution < 1.29 is 9.53 Å². The first-order valence-corrected chi connectivity index (χ1v) is 4.98. The number of benzene rings is 1. The van der Waals surface area contributed by atoms with Crippen LogP contribution >= 0.6 is 0 Å². The van der Waals surface area contributed by atoms with Gasteiger partial charge in [0.2, 0.25) is 0 Å². The molecule has 12 heavy (non-hydrogen) atoms. The Kier molecular flexibility index (Phi) is 3.05. The number of ether oxygens (including phenoxy) is 1. The molecule has 0 bridgehead atoms. The lowest BCUT2D eigenvalue weighted by Gasteiger charge is -2.00. The topological polar surface area (TPSA) is 26.3 Å². The van der Waals surface area contributed by atoms with Gasteiger partial charge in [0.15, 0.2) is 0 Å². The van der Waals surface area contributed by atoms with Crippen molar-refractivity contribution in [3.05, 3.63) is 29.8 Å². The van der Waals surface area contributed by atoms with E-state index in [9.17, 15) is 4.79 Å². The maximum Gasteiger partial charge on any atom is 0.338 e. The molecule has 0 N–H and O–H groups in total. The number of carbonyl (C=O) groups is 1. The van der Waals surface area contributed by atoms with E-state index in [0.717, 1.165) is 10.2 Å². The fourth-order valence-electron chi connectivity index (χ4n) is 0.904. The molecule has 0 amide bonds. The van der Waals surface area contributed by atoms with Crippen molar-refractivity contribution in [2.75, 3.05) is 6.61 Å². The molecule has 1 aromatic carbocycles. The number of hydrogen-bond donors (Lipinski definition) is 0. The molecule has 64 valence electrons. The van der Waals surface area contributed by atoms with E-state index in [-0.39, 0.29) is 5.97 Å². The summed E-state index contributed by atoms with van der Waals surface area (Å²) in [6.07, 6.45) is 0. The number of carbonyl (C=O) groups excluding carboxylic acids is 1. The SMILES string of the molecule is CCOC(=O)c1ccc([SiH3])cc1. The predicted octanol–water partition coefficient (Wildman–Crippen LogP) is -0.146. The zero-order valence-electron chi connectivity index (χ0n) is 7.33. The second kappa shape index (κ2) is 4.06. The van der Waals surface area contributed by atoms with Gasteiger partial charge in [-0.05, 0) is 19.1 Å². The standard InChI is InChI=1S/C9H12O2Si/c1-2-11-9(10)7-3-5-8(12)6-4-7/h3-6H,2H2,1,12H3. The summed E-state index contributed by atoms with van der Waals surface area (Å²) in [4.78, 5) is 11.1. The molecular weight excluding hydrogens is 168 g/mol. The molecule has 0 saturated heterocycles. The Labute approximate surface area is 75.0 Å². The molecule has 1 rings (SSSR count). The maximum atomic E-state index is 11.1. The molecule has 0 aliphatic rings. The van der Waals surface area contributed by atoms with Crippen molar-refractivity contribution >= 4 is 21.4 Å². The van der Waals surface area contributed by atoms with Crippen LogP contribution in [-0.4, -0.2) is 22.8 Å². The molecule has 0 unspecified atom stereocenters. The third-order valence-electron chi connectivity index (χ3n) is 1.56. The van der Waals surface area contributed by atoms with Gasteiger partial charge in [-0.3, -0.25) is 0 Å². The van der Waals surface area contributed by atoms with Gasteiger partial charge in [-0.25, -0.2) is 4.79 Å². The van der Waals surface area contributed by atoms with Crippen LogP contribution in [0.3, 0.4) is 0 Å². The zero-order valence-corrected chi connectivity index (χ0v) is 9.33. The molecule has 0 spiro atoms. The highest BCUT2D eigenvalue weighted by Gasteiger charge is 2.03. The minimum Gasteiger partial charge on any atom is -0.462 e. The van der Waals surface area contributed by atoms with E-state index in [1.807, 2.05) is 12.1 Å². The fourth-order valence-corrected chi connectivity index (χ4v) is 1.24. The maximum absolute atomic E-state index is 11.1. The third-order valence-corrected chi connectivity index (χ3v) is 2.23. The summed E-state index contributed by atoms with van der Waals surface area (Å²) in [5.74, 6) is -0.237. The number of esters is 1. The first kappa shape index (κ1) is 9.00. The van der Waals surface area contributed by atoms with Crippen molar-refractivity contribution in [2.24, 2.45) is 0 Å². The summed E-state index contributed by atoms with van der Waals surface area (Å²) >= 11 is 0. The summed E-state index contributed by atoms with van der Waals surface area (Å²) in [6.45, 7) is 2.24. The molecule has 0 aliphatic carbocycles. The normalized spacial score (nSPS) is 9.75. The monoisotopic (exact) mass is 180 g/mol. The highest BCUT2D eigenvalue weighted by Crippen LogP contribution is 1.98. The van der Waals surface area contributed by atoms with Crippen LogP contribution < -0.4 is 5.19 Å². The largest absolute Gasteiger partial charge is 0.462 e. The van der Waals surface area contributed by atoms with Gasteiger partial charge < -0.3 is 4.74 Å². The van der Waals surface area contributed by atoms with Gasteiger partial charge >= 0.3 is 5.97 Å². The molecule has 3 heteroatoms. The molecule has 0 radical (unpaired) electrons. The highest BCUT2D eigenvalue weighted by molar-refractivity contribution is 6.32. The summed E-state index contributed by atoms with van der Waals surface area (Å²) in [5, 5.41) is 1.28. The summed E-state index contributed by atoms with van der Waals surface area (Å²) in [7, 11) is 1.02. The second-order valence-electron chi connectivity index (χ2n) is 2.59. The molecule has 0 heterocycles. The zero-order chi connectivity index (χ0) is 8.97. The summed E-state index contributed by atoms with van der Waals surface area (Å²) in [5.41, 5.74) is 0.636. The Morgan fingerprint density at radius 2 is 2.00 bits per heavy atom. The molecule has 0 atom stereocenters. The molecular formula is C9H12O2Si. The predicted molar refractivity (Wildman–Crippen MR) is 52.0 cm³/mol. The van der Waals surface area contributed by atoms with Gasteiger partial charge in [0, 0.05) is 10.2 Å². The van der Waals surface area contributed by atoms with Crippen LogP contribution in [0, 0.1) is 0 Å².